The number of nitrogens with zero attached hydrogens (tertiary/aromatic N) is 1. The predicted molar refractivity (Wildman–Crippen MR) is 76.2 cm³/mol. The summed E-state index contributed by atoms with van der Waals surface area (Å²) < 4.78 is 1.06. The van der Waals surface area contributed by atoms with Crippen LogP contribution >= 0.6 is 15.9 Å². The van der Waals surface area contributed by atoms with Crippen LogP contribution in [-0.4, -0.2) is 31.4 Å². The lowest BCUT2D eigenvalue weighted by molar-refractivity contribution is -0.136. The van der Waals surface area contributed by atoms with E-state index >= 15 is 0 Å². The van der Waals surface area contributed by atoms with Gasteiger partial charge in [-0.1, -0.05) is 28.1 Å². The molecule has 0 radical (unpaired) electrons. The molecule has 0 saturated heterocycles. The fourth-order valence-electron chi connectivity index (χ4n) is 2.30. The summed E-state index contributed by atoms with van der Waals surface area (Å²) in [4.78, 5) is 14.2. The lowest BCUT2D eigenvalue weighted by atomic mass is 10.1. The van der Waals surface area contributed by atoms with Crippen LogP contribution in [-0.2, 0) is 11.3 Å². The maximum atomic E-state index is 12.4. The van der Waals surface area contributed by atoms with Gasteiger partial charge in [0.25, 0.3) is 0 Å². The van der Waals surface area contributed by atoms with Crippen LogP contribution in [0.4, 0.5) is 0 Å². The Labute approximate surface area is 117 Å². The summed E-state index contributed by atoms with van der Waals surface area (Å²) in [6.45, 7) is 1.47. The molecule has 0 heterocycles. The van der Waals surface area contributed by atoms with Crippen molar-refractivity contribution in [1.29, 1.82) is 0 Å². The molecule has 2 rings (SSSR count). The average molecular weight is 311 g/mol. The Morgan fingerprint density at radius 2 is 2.00 bits per heavy atom. The van der Waals surface area contributed by atoms with Gasteiger partial charge in [-0.05, 0) is 37.6 Å². The summed E-state index contributed by atoms with van der Waals surface area (Å²) in [5.74, 6) is 0.264. The minimum absolute atomic E-state index is 0.126. The van der Waals surface area contributed by atoms with Gasteiger partial charge in [-0.15, -0.1) is 0 Å². The van der Waals surface area contributed by atoms with Crippen molar-refractivity contribution in [2.24, 2.45) is 5.41 Å². The fourth-order valence-corrected chi connectivity index (χ4v) is 2.56. The van der Waals surface area contributed by atoms with E-state index in [0.717, 1.165) is 29.4 Å². The van der Waals surface area contributed by atoms with Crippen molar-refractivity contribution in [3.63, 3.8) is 0 Å². The van der Waals surface area contributed by atoms with Crippen LogP contribution in [0.3, 0.4) is 0 Å². The van der Waals surface area contributed by atoms with Crippen LogP contribution in [0.2, 0.25) is 0 Å². The maximum absolute atomic E-state index is 12.4. The molecule has 1 saturated carbocycles. The molecule has 98 valence electrons. The smallest absolute Gasteiger partial charge is 0.230 e. The van der Waals surface area contributed by atoms with Crippen molar-refractivity contribution >= 4 is 21.8 Å². The lowest BCUT2D eigenvalue weighted by Crippen LogP contribution is -2.38. The molecule has 4 heteroatoms. The predicted octanol–water partition coefficient (Wildman–Crippen LogP) is 2.41. The molecule has 1 aromatic rings. The molecule has 18 heavy (non-hydrogen) atoms. The van der Waals surface area contributed by atoms with Crippen molar-refractivity contribution in [1.82, 2.24) is 10.2 Å². The molecule has 0 aliphatic heterocycles. The molecule has 1 aliphatic rings. The minimum atomic E-state index is -0.126. The van der Waals surface area contributed by atoms with Gasteiger partial charge in [0.15, 0.2) is 0 Å². The largest absolute Gasteiger partial charge is 0.341 e. The molecule has 0 spiro atoms. The number of amides is 1. The molecule has 3 nitrogen and oxygen atoms in total. The van der Waals surface area contributed by atoms with E-state index in [1.807, 2.05) is 43.3 Å². The van der Waals surface area contributed by atoms with E-state index < -0.39 is 0 Å². The standard InChI is InChI=1S/C14H19BrN2O/c1-16-10-14(7-8-14)13(18)17(2)9-11-3-5-12(15)6-4-11/h3-6,16H,7-10H2,1-2H3. The minimum Gasteiger partial charge on any atom is -0.341 e. The topological polar surface area (TPSA) is 32.3 Å². The Kier molecular flexibility index (Phi) is 4.07. The van der Waals surface area contributed by atoms with Crippen molar-refractivity contribution in [3.8, 4) is 0 Å². The van der Waals surface area contributed by atoms with E-state index in [1.165, 1.54) is 0 Å². The molecule has 1 fully saturated rings. The van der Waals surface area contributed by atoms with Gasteiger partial charge >= 0.3 is 0 Å². The molecule has 1 amide bonds. The highest BCUT2D eigenvalue weighted by molar-refractivity contribution is 9.10. The molecule has 0 bridgehead atoms. The summed E-state index contributed by atoms with van der Waals surface area (Å²) in [5.41, 5.74) is 1.04. The van der Waals surface area contributed by atoms with Crippen molar-refractivity contribution in [2.75, 3.05) is 20.6 Å². The van der Waals surface area contributed by atoms with Gasteiger partial charge in [-0.2, -0.15) is 0 Å². The maximum Gasteiger partial charge on any atom is 0.230 e. The van der Waals surface area contributed by atoms with Crippen LogP contribution in [0.15, 0.2) is 28.7 Å². The number of hydrogen-bond donors (Lipinski definition) is 1. The lowest BCUT2D eigenvalue weighted by Gasteiger charge is -2.23. The van der Waals surface area contributed by atoms with Crippen LogP contribution in [0.1, 0.15) is 18.4 Å². The molecular weight excluding hydrogens is 292 g/mol. The molecule has 0 atom stereocenters. The van der Waals surface area contributed by atoms with Crippen LogP contribution in [0, 0.1) is 5.41 Å². The number of rotatable bonds is 5. The van der Waals surface area contributed by atoms with Crippen molar-refractivity contribution in [2.45, 2.75) is 19.4 Å². The molecule has 0 aromatic heterocycles. The summed E-state index contributed by atoms with van der Waals surface area (Å²) in [7, 11) is 3.79. The molecule has 1 aliphatic carbocycles. The Bertz CT molecular complexity index is 426. The zero-order chi connectivity index (χ0) is 13.2. The van der Waals surface area contributed by atoms with E-state index in [9.17, 15) is 4.79 Å². The van der Waals surface area contributed by atoms with Gasteiger partial charge in [0.2, 0.25) is 5.91 Å². The summed E-state index contributed by atoms with van der Waals surface area (Å²) in [6.07, 6.45) is 2.02. The third kappa shape index (κ3) is 2.93. The zero-order valence-electron chi connectivity index (χ0n) is 10.9. The second-order valence-electron chi connectivity index (χ2n) is 5.10. The summed E-state index contributed by atoms with van der Waals surface area (Å²) in [5, 5.41) is 3.12. The van der Waals surface area contributed by atoms with E-state index in [4.69, 9.17) is 0 Å². The highest BCUT2D eigenvalue weighted by Crippen LogP contribution is 2.46. The molecule has 1 aromatic carbocycles. The second-order valence-corrected chi connectivity index (χ2v) is 6.01. The summed E-state index contributed by atoms with van der Waals surface area (Å²) >= 11 is 3.41. The highest BCUT2D eigenvalue weighted by Gasteiger charge is 2.50. The molecular formula is C14H19BrN2O. The van der Waals surface area contributed by atoms with Crippen molar-refractivity contribution in [3.05, 3.63) is 34.3 Å². The van der Waals surface area contributed by atoms with E-state index in [-0.39, 0.29) is 11.3 Å². The normalized spacial score (nSPS) is 16.4. The zero-order valence-corrected chi connectivity index (χ0v) is 12.5. The number of carbonyl (C=O) groups is 1. The number of nitrogens with one attached hydrogen (secondary N) is 1. The van der Waals surface area contributed by atoms with E-state index in [2.05, 4.69) is 21.2 Å². The Morgan fingerprint density at radius 3 is 2.50 bits per heavy atom. The number of halogens is 1. The SMILES string of the molecule is CNCC1(C(=O)N(C)Cc2ccc(Br)cc2)CC1. The Morgan fingerprint density at radius 1 is 1.39 bits per heavy atom. The molecule has 1 N–H and O–H groups in total. The quantitative estimate of drug-likeness (QED) is 0.906. The number of hydrogen-bond acceptors (Lipinski definition) is 2. The monoisotopic (exact) mass is 310 g/mol. The van der Waals surface area contributed by atoms with Gasteiger partial charge in [-0.25, -0.2) is 0 Å². The first-order valence-corrected chi connectivity index (χ1v) is 7.01. The summed E-state index contributed by atoms with van der Waals surface area (Å²) in [6, 6.07) is 8.11. The van der Waals surface area contributed by atoms with Crippen molar-refractivity contribution < 1.29 is 4.79 Å². The van der Waals surface area contributed by atoms with Crippen LogP contribution in [0.5, 0.6) is 0 Å². The van der Waals surface area contributed by atoms with Gasteiger partial charge in [0.1, 0.15) is 0 Å². The first kappa shape index (κ1) is 13.6. The van der Waals surface area contributed by atoms with Crippen LogP contribution in [0.25, 0.3) is 0 Å². The third-order valence-electron chi connectivity index (χ3n) is 3.50. The first-order valence-electron chi connectivity index (χ1n) is 6.22. The number of carbonyl (C=O) groups excluding carboxylic acids is 1. The fraction of sp³-hybridized carbons (Fsp3) is 0.500. The number of benzene rings is 1. The van der Waals surface area contributed by atoms with Gasteiger partial charge in [-0.3, -0.25) is 4.79 Å². The van der Waals surface area contributed by atoms with Gasteiger partial charge < -0.3 is 10.2 Å². The average Bonchev–Trinajstić information content (AvgIpc) is 3.12. The second kappa shape index (κ2) is 5.41. The Hall–Kier alpha value is -0.870. The first-order chi connectivity index (χ1) is 8.57. The Balaban J connectivity index is 1.97. The van der Waals surface area contributed by atoms with Crippen LogP contribution < -0.4 is 5.32 Å². The highest BCUT2D eigenvalue weighted by atomic mass is 79.9. The van der Waals surface area contributed by atoms with Gasteiger partial charge in [0.05, 0.1) is 5.41 Å². The van der Waals surface area contributed by atoms with E-state index in [1.54, 1.807) is 0 Å². The van der Waals surface area contributed by atoms with Gasteiger partial charge in [0, 0.05) is 24.6 Å². The third-order valence-corrected chi connectivity index (χ3v) is 4.03. The van der Waals surface area contributed by atoms with E-state index in [0.29, 0.717) is 6.54 Å². The molecule has 0 unspecified atom stereocenters.